The van der Waals surface area contributed by atoms with E-state index in [0.717, 1.165) is 40.9 Å². The van der Waals surface area contributed by atoms with E-state index in [1.54, 1.807) is 7.11 Å². The van der Waals surface area contributed by atoms with Gasteiger partial charge < -0.3 is 4.74 Å². The standard InChI is InChI=1S/C25H22N2O/c1-28-25-26-22(18-17-19-11-5-2-6-12-19)23(20-13-7-3-8-14-20)24(27-25)21-15-9-4-10-16-21/h2-16H,17-18H2,1H3. The van der Waals surface area contributed by atoms with Gasteiger partial charge in [-0.15, -0.1) is 0 Å². The first-order valence-electron chi connectivity index (χ1n) is 9.45. The number of aryl methyl sites for hydroxylation is 2. The maximum atomic E-state index is 5.44. The number of benzene rings is 3. The predicted molar refractivity (Wildman–Crippen MR) is 113 cm³/mol. The van der Waals surface area contributed by atoms with Crippen molar-refractivity contribution in [3.63, 3.8) is 0 Å². The number of hydrogen-bond acceptors (Lipinski definition) is 3. The van der Waals surface area contributed by atoms with E-state index in [0.29, 0.717) is 6.01 Å². The Morgan fingerprint density at radius 3 is 1.82 bits per heavy atom. The molecule has 4 aromatic rings. The molecular formula is C25H22N2O. The second kappa shape index (κ2) is 8.49. The molecule has 0 aliphatic carbocycles. The zero-order chi connectivity index (χ0) is 19.2. The van der Waals surface area contributed by atoms with E-state index in [2.05, 4.69) is 60.7 Å². The highest BCUT2D eigenvalue weighted by molar-refractivity contribution is 5.82. The van der Waals surface area contributed by atoms with E-state index in [1.165, 1.54) is 5.56 Å². The number of nitrogens with zero attached hydrogens (tertiary/aromatic N) is 2. The van der Waals surface area contributed by atoms with Crippen molar-refractivity contribution in [1.29, 1.82) is 0 Å². The van der Waals surface area contributed by atoms with Crippen molar-refractivity contribution >= 4 is 0 Å². The van der Waals surface area contributed by atoms with Crippen LogP contribution in [0.2, 0.25) is 0 Å². The largest absolute Gasteiger partial charge is 0.467 e. The number of aromatic nitrogens is 2. The molecule has 138 valence electrons. The first kappa shape index (κ1) is 17.9. The molecule has 0 bridgehead atoms. The van der Waals surface area contributed by atoms with Gasteiger partial charge in [-0.05, 0) is 24.0 Å². The highest BCUT2D eigenvalue weighted by Gasteiger charge is 2.18. The van der Waals surface area contributed by atoms with Gasteiger partial charge in [0.1, 0.15) is 0 Å². The van der Waals surface area contributed by atoms with Gasteiger partial charge in [0.2, 0.25) is 0 Å². The average Bonchev–Trinajstić information content (AvgIpc) is 2.79. The molecule has 0 fully saturated rings. The summed E-state index contributed by atoms with van der Waals surface area (Å²) in [5.74, 6) is 0. The van der Waals surface area contributed by atoms with E-state index >= 15 is 0 Å². The molecule has 0 radical (unpaired) electrons. The number of ether oxygens (including phenoxy) is 1. The number of hydrogen-bond donors (Lipinski definition) is 0. The smallest absolute Gasteiger partial charge is 0.316 e. The molecule has 3 nitrogen and oxygen atoms in total. The number of rotatable bonds is 6. The Hall–Kier alpha value is -3.46. The van der Waals surface area contributed by atoms with Crippen molar-refractivity contribution in [2.45, 2.75) is 12.8 Å². The molecular weight excluding hydrogens is 344 g/mol. The van der Waals surface area contributed by atoms with Crippen molar-refractivity contribution in [2.75, 3.05) is 7.11 Å². The summed E-state index contributed by atoms with van der Waals surface area (Å²) in [7, 11) is 1.62. The summed E-state index contributed by atoms with van der Waals surface area (Å²) in [6.07, 6.45) is 1.72. The van der Waals surface area contributed by atoms with E-state index in [-0.39, 0.29) is 0 Å². The van der Waals surface area contributed by atoms with Crippen molar-refractivity contribution < 1.29 is 4.74 Å². The minimum absolute atomic E-state index is 0.404. The van der Waals surface area contributed by atoms with E-state index in [9.17, 15) is 0 Å². The van der Waals surface area contributed by atoms with Gasteiger partial charge in [-0.3, -0.25) is 0 Å². The van der Waals surface area contributed by atoms with Crippen LogP contribution in [0.4, 0.5) is 0 Å². The van der Waals surface area contributed by atoms with Crippen LogP contribution in [0.3, 0.4) is 0 Å². The molecule has 28 heavy (non-hydrogen) atoms. The summed E-state index contributed by atoms with van der Waals surface area (Å²) in [6, 6.07) is 31.5. The molecule has 0 atom stereocenters. The lowest BCUT2D eigenvalue weighted by molar-refractivity contribution is 0.379. The van der Waals surface area contributed by atoms with Crippen LogP contribution in [0.15, 0.2) is 91.0 Å². The zero-order valence-electron chi connectivity index (χ0n) is 15.9. The van der Waals surface area contributed by atoms with Gasteiger partial charge in [-0.1, -0.05) is 91.0 Å². The summed E-state index contributed by atoms with van der Waals surface area (Å²) < 4.78 is 5.44. The van der Waals surface area contributed by atoms with E-state index < -0.39 is 0 Å². The molecule has 0 aliphatic heterocycles. The summed E-state index contributed by atoms with van der Waals surface area (Å²) in [5.41, 5.74) is 6.45. The first-order chi connectivity index (χ1) is 13.8. The van der Waals surface area contributed by atoms with Crippen molar-refractivity contribution in [3.05, 3.63) is 102 Å². The first-order valence-corrected chi connectivity index (χ1v) is 9.45. The third-order valence-electron chi connectivity index (χ3n) is 4.75. The Morgan fingerprint density at radius 1 is 0.643 bits per heavy atom. The fourth-order valence-electron chi connectivity index (χ4n) is 3.38. The highest BCUT2D eigenvalue weighted by Crippen LogP contribution is 2.34. The molecule has 4 rings (SSSR count). The zero-order valence-corrected chi connectivity index (χ0v) is 15.9. The van der Waals surface area contributed by atoms with Crippen LogP contribution >= 0.6 is 0 Å². The Balaban J connectivity index is 1.85. The third kappa shape index (κ3) is 3.94. The Morgan fingerprint density at radius 2 is 1.21 bits per heavy atom. The molecule has 0 unspecified atom stereocenters. The molecule has 3 aromatic carbocycles. The van der Waals surface area contributed by atoms with Crippen LogP contribution in [0, 0.1) is 0 Å². The van der Waals surface area contributed by atoms with Crippen LogP contribution in [-0.4, -0.2) is 17.1 Å². The van der Waals surface area contributed by atoms with Crippen LogP contribution in [0.25, 0.3) is 22.4 Å². The third-order valence-corrected chi connectivity index (χ3v) is 4.75. The monoisotopic (exact) mass is 366 g/mol. The average molecular weight is 366 g/mol. The SMILES string of the molecule is COc1nc(CCc2ccccc2)c(-c2ccccc2)c(-c2ccccc2)n1. The van der Waals surface area contributed by atoms with Crippen molar-refractivity contribution in [3.8, 4) is 28.4 Å². The number of methoxy groups -OCH3 is 1. The Labute approximate surface area is 165 Å². The van der Waals surface area contributed by atoms with Crippen LogP contribution in [0.1, 0.15) is 11.3 Å². The molecule has 1 heterocycles. The normalized spacial score (nSPS) is 10.6. The summed E-state index contributed by atoms with van der Waals surface area (Å²) >= 11 is 0. The lowest BCUT2D eigenvalue weighted by Gasteiger charge is -2.15. The summed E-state index contributed by atoms with van der Waals surface area (Å²) in [5, 5.41) is 0. The van der Waals surface area contributed by atoms with Gasteiger partial charge in [0.25, 0.3) is 0 Å². The molecule has 0 N–H and O–H groups in total. The molecule has 0 saturated carbocycles. The quantitative estimate of drug-likeness (QED) is 0.445. The Bertz CT molecular complexity index is 1030. The van der Waals surface area contributed by atoms with Gasteiger partial charge in [0.05, 0.1) is 18.5 Å². The topological polar surface area (TPSA) is 35.0 Å². The van der Waals surface area contributed by atoms with E-state index in [4.69, 9.17) is 14.7 Å². The van der Waals surface area contributed by atoms with Crippen molar-refractivity contribution in [1.82, 2.24) is 9.97 Å². The van der Waals surface area contributed by atoms with E-state index in [1.807, 2.05) is 30.3 Å². The van der Waals surface area contributed by atoms with Crippen LogP contribution < -0.4 is 4.74 Å². The lowest BCUT2D eigenvalue weighted by atomic mass is 9.95. The van der Waals surface area contributed by atoms with Gasteiger partial charge in [-0.2, -0.15) is 9.97 Å². The van der Waals surface area contributed by atoms with Crippen molar-refractivity contribution in [2.24, 2.45) is 0 Å². The minimum atomic E-state index is 0.404. The van der Waals surface area contributed by atoms with Gasteiger partial charge >= 0.3 is 6.01 Å². The molecule has 0 spiro atoms. The molecule has 1 aromatic heterocycles. The minimum Gasteiger partial charge on any atom is -0.467 e. The fourth-order valence-corrected chi connectivity index (χ4v) is 3.38. The Kier molecular flexibility index (Phi) is 5.43. The second-order valence-corrected chi connectivity index (χ2v) is 6.60. The fraction of sp³-hybridized carbons (Fsp3) is 0.120. The van der Waals surface area contributed by atoms with Gasteiger partial charge in [0.15, 0.2) is 0 Å². The lowest BCUT2D eigenvalue weighted by Crippen LogP contribution is -2.05. The van der Waals surface area contributed by atoms with Gasteiger partial charge in [0, 0.05) is 11.1 Å². The molecule has 0 saturated heterocycles. The maximum absolute atomic E-state index is 5.44. The summed E-state index contributed by atoms with van der Waals surface area (Å²) in [6.45, 7) is 0. The van der Waals surface area contributed by atoms with Gasteiger partial charge in [-0.25, -0.2) is 0 Å². The maximum Gasteiger partial charge on any atom is 0.316 e. The molecule has 0 amide bonds. The predicted octanol–water partition coefficient (Wildman–Crippen LogP) is 5.60. The molecule has 3 heteroatoms. The second-order valence-electron chi connectivity index (χ2n) is 6.60. The van der Waals surface area contributed by atoms with Crippen LogP contribution in [0.5, 0.6) is 6.01 Å². The summed E-state index contributed by atoms with van der Waals surface area (Å²) in [4.78, 5) is 9.46. The highest BCUT2D eigenvalue weighted by atomic mass is 16.5. The van der Waals surface area contributed by atoms with Crippen LogP contribution in [-0.2, 0) is 12.8 Å². The molecule has 0 aliphatic rings.